The Bertz CT molecular complexity index is 526. The van der Waals surface area contributed by atoms with Crippen molar-refractivity contribution >= 4 is 11.6 Å². The average molecular weight is 315 g/mol. The van der Waals surface area contributed by atoms with E-state index in [-0.39, 0.29) is 5.91 Å². The molecule has 1 saturated heterocycles. The molecule has 3 rings (SSSR count). The lowest BCUT2D eigenvalue weighted by Crippen LogP contribution is -2.48. The number of carbonyl (C=O) groups excluding carboxylic acids is 1. The van der Waals surface area contributed by atoms with E-state index in [9.17, 15) is 4.79 Å². The van der Waals surface area contributed by atoms with Crippen molar-refractivity contribution in [1.29, 1.82) is 0 Å². The molecule has 0 aromatic heterocycles. The molecule has 23 heavy (non-hydrogen) atoms. The molecule has 0 bridgehead atoms. The number of piperidine rings is 1. The number of carbonyl (C=O) groups is 1. The molecule has 1 aliphatic carbocycles. The zero-order valence-corrected chi connectivity index (χ0v) is 14.2. The Labute approximate surface area is 139 Å². The van der Waals surface area contributed by atoms with Crippen LogP contribution in [-0.2, 0) is 11.3 Å². The number of nitrogens with one attached hydrogen (secondary N) is 1. The molecule has 1 amide bonds. The molecule has 1 saturated carbocycles. The van der Waals surface area contributed by atoms with Crippen LogP contribution in [0.3, 0.4) is 0 Å². The summed E-state index contributed by atoms with van der Waals surface area (Å²) in [6.45, 7) is 5.72. The summed E-state index contributed by atoms with van der Waals surface area (Å²) in [4.78, 5) is 14.8. The number of amides is 1. The van der Waals surface area contributed by atoms with Crippen molar-refractivity contribution < 1.29 is 4.79 Å². The second-order valence-corrected chi connectivity index (χ2v) is 7.47. The van der Waals surface area contributed by atoms with Crippen LogP contribution in [0, 0.1) is 5.92 Å². The lowest BCUT2D eigenvalue weighted by atomic mass is 9.98. The van der Waals surface area contributed by atoms with Gasteiger partial charge in [0.25, 0.3) is 0 Å². The van der Waals surface area contributed by atoms with Gasteiger partial charge in [-0.1, -0.05) is 31.9 Å². The van der Waals surface area contributed by atoms with Crippen LogP contribution in [0.5, 0.6) is 0 Å². The van der Waals surface area contributed by atoms with Gasteiger partial charge in [0.1, 0.15) is 0 Å². The van der Waals surface area contributed by atoms with E-state index < -0.39 is 5.54 Å². The van der Waals surface area contributed by atoms with Crippen LogP contribution in [0.15, 0.2) is 24.3 Å². The number of hydrogen-bond donors (Lipinski definition) is 2. The van der Waals surface area contributed by atoms with Crippen LogP contribution in [0.25, 0.3) is 0 Å². The van der Waals surface area contributed by atoms with E-state index in [4.69, 9.17) is 5.73 Å². The van der Waals surface area contributed by atoms with Crippen molar-refractivity contribution in [3.8, 4) is 0 Å². The number of anilines is 1. The van der Waals surface area contributed by atoms with Gasteiger partial charge in [0, 0.05) is 12.2 Å². The first-order valence-electron chi connectivity index (χ1n) is 8.97. The summed E-state index contributed by atoms with van der Waals surface area (Å²) in [6, 6.07) is 8.23. The number of likely N-dealkylation sites (tertiary alicyclic amines) is 1. The minimum Gasteiger partial charge on any atom is -0.324 e. The van der Waals surface area contributed by atoms with E-state index in [1.165, 1.54) is 31.5 Å². The first-order chi connectivity index (χ1) is 11.0. The van der Waals surface area contributed by atoms with Gasteiger partial charge in [0.2, 0.25) is 5.91 Å². The Morgan fingerprint density at radius 3 is 2.43 bits per heavy atom. The molecule has 1 heterocycles. The minimum atomic E-state index is -0.664. The molecule has 126 valence electrons. The quantitative estimate of drug-likeness (QED) is 0.897. The fourth-order valence-corrected chi connectivity index (χ4v) is 3.66. The van der Waals surface area contributed by atoms with Gasteiger partial charge < -0.3 is 11.1 Å². The van der Waals surface area contributed by atoms with E-state index in [1.54, 1.807) is 0 Å². The molecule has 3 N–H and O–H groups in total. The van der Waals surface area contributed by atoms with Crippen molar-refractivity contribution in [1.82, 2.24) is 4.90 Å². The highest BCUT2D eigenvalue weighted by Crippen LogP contribution is 2.28. The highest BCUT2D eigenvalue weighted by molar-refractivity contribution is 5.98. The van der Waals surface area contributed by atoms with E-state index in [0.29, 0.717) is 0 Å². The van der Waals surface area contributed by atoms with Crippen molar-refractivity contribution in [2.75, 3.05) is 18.4 Å². The summed E-state index contributed by atoms with van der Waals surface area (Å²) < 4.78 is 0. The Balaban J connectivity index is 1.53. The third-order valence-corrected chi connectivity index (χ3v) is 5.44. The van der Waals surface area contributed by atoms with Crippen molar-refractivity contribution in [3.05, 3.63) is 29.8 Å². The standard InChI is InChI=1S/C19H29N3O/c1-15-8-12-22(13-9-15)14-16-4-6-17(7-5-16)21-18(23)19(20)10-2-3-11-19/h4-7,15H,2-3,8-14,20H2,1H3,(H,21,23). The molecule has 1 aromatic rings. The predicted molar refractivity (Wildman–Crippen MR) is 94.1 cm³/mol. The molecule has 1 aliphatic heterocycles. The predicted octanol–water partition coefficient (Wildman–Crippen LogP) is 3.13. The molecule has 0 atom stereocenters. The van der Waals surface area contributed by atoms with Crippen LogP contribution in [0.1, 0.15) is 51.0 Å². The highest BCUT2D eigenvalue weighted by atomic mass is 16.2. The van der Waals surface area contributed by atoms with Crippen molar-refractivity contribution in [3.63, 3.8) is 0 Å². The fourth-order valence-electron chi connectivity index (χ4n) is 3.66. The lowest BCUT2D eigenvalue weighted by Gasteiger charge is -2.30. The summed E-state index contributed by atoms with van der Waals surface area (Å²) in [5.74, 6) is 0.829. The second-order valence-electron chi connectivity index (χ2n) is 7.47. The van der Waals surface area contributed by atoms with Crippen LogP contribution < -0.4 is 11.1 Å². The van der Waals surface area contributed by atoms with Crippen LogP contribution >= 0.6 is 0 Å². The van der Waals surface area contributed by atoms with E-state index in [0.717, 1.165) is 43.8 Å². The molecule has 0 radical (unpaired) electrons. The number of nitrogens with zero attached hydrogens (tertiary/aromatic N) is 1. The van der Waals surface area contributed by atoms with E-state index in [2.05, 4.69) is 29.3 Å². The SMILES string of the molecule is CC1CCN(Cc2ccc(NC(=O)C3(N)CCCC3)cc2)CC1. The van der Waals surface area contributed by atoms with Gasteiger partial charge in [0.15, 0.2) is 0 Å². The Morgan fingerprint density at radius 2 is 1.83 bits per heavy atom. The largest absolute Gasteiger partial charge is 0.324 e. The van der Waals surface area contributed by atoms with Gasteiger partial charge in [-0.3, -0.25) is 9.69 Å². The number of rotatable bonds is 4. The lowest BCUT2D eigenvalue weighted by molar-refractivity contribution is -0.121. The molecule has 4 heteroatoms. The summed E-state index contributed by atoms with van der Waals surface area (Å²) in [5, 5.41) is 2.98. The van der Waals surface area contributed by atoms with Gasteiger partial charge in [-0.2, -0.15) is 0 Å². The summed E-state index contributed by atoms with van der Waals surface area (Å²) >= 11 is 0. The van der Waals surface area contributed by atoms with Crippen LogP contribution in [0.4, 0.5) is 5.69 Å². The fraction of sp³-hybridized carbons (Fsp3) is 0.632. The maximum absolute atomic E-state index is 12.3. The molecule has 2 fully saturated rings. The van der Waals surface area contributed by atoms with Crippen molar-refractivity contribution in [2.24, 2.45) is 11.7 Å². The minimum absolute atomic E-state index is 0.0345. The molecule has 4 nitrogen and oxygen atoms in total. The summed E-state index contributed by atoms with van der Waals surface area (Å²) in [7, 11) is 0. The Hall–Kier alpha value is -1.39. The third kappa shape index (κ3) is 4.12. The highest BCUT2D eigenvalue weighted by Gasteiger charge is 2.36. The van der Waals surface area contributed by atoms with Gasteiger partial charge >= 0.3 is 0 Å². The maximum atomic E-state index is 12.3. The van der Waals surface area contributed by atoms with Crippen LogP contribution in [0.2, 0.25) is 0 Å². The molecule has 0 unspecified atom stereocenters. The number of benzene rings is 1. The molecular formula is C19H29N3O. The monoisotopic (exact) mass is 315 g/mol. The number of hydrogen-bond acceptors (Lipinski definition) is 3. The van der Waals surface area contributed by atoms with Crippen molar-refractivity contribution in [2.45, 2.75) is 57.5 Å². The molecule has 2 aliphatic rings. The number of nitrogens with two attached hydrogens (primary N) is 1. The first kappa shape index (κ1) is 16.5. The van der Waals surface area contributed by atoms with E-state index in [1.807, 2.05) is 12.1 Å². The normalized spacial score (nSPS) is 22.2. The molecule has 1 aromatic carbocycles. The maximum Gasteiger partial charge on any atom is 0.244 e. The average Bonchev–Trinajstić information content (AvgIpc) is 3.00. The van der Waals surface area contributed by atoms with E-state index >= 15 is 0 Å². The van der Waals surface area contributed by atoms with Gasteiger partial charge in [-0.05, 0) is 62.4 Å². The summed E-state index contributed by atoms with van der Waals surface area (Å²) in [5.41, 5.74) is 7.69. The van der Waals surface area contributed by atoms with Crippen LogP contribution in [-0.4, -0.2) is 29.4 Å². The van der Waals surface area contributed by atoms with Gasteiger partial charge in [-0.15, -0.1) is 0 Å². The topological polar surface area (TPSA) is 58.4 Å². The van der Waals surface area contributed by atoms with Gasteiger partial charge in [0.05, 0.1) is 5.54 Å². The molecular weight excluding hydrogens is 286 g/mol. The Morgan fingerprint density at radius 1 is 1.22 bits per heavy atom. The third-order valence-electron chi connectivity index (χ3n) is 5.44. The smallest absolute Gasteiger partial charge is 0.244 e. The van der Waals surface area contributed by atoms with Gasteiger partial charge in [-0.25, -0.2) is 0 Å². The Kier molecular flexibility index (Phi) is 5.02. The zero-order valence-electron chi connectivity index (χ0n) is 14.2. The zero-order chi connectivity index (χ0) is 16.3. The molecule has 0 spiro atoms. The first-order valence-corrected chi connectivity index (χ1v) is 8.97. The summed E-state index contributed by atoms with van der Waals surface area (Å²) in [6.07, 6.45) is 6.29. The second kappa shape index (κ2) is 7.02.